The van der Waals surface area contributed by atoms with E-state index in [4.69, 9.17) is 11.6 Å². The molecule has 0 saturated heterocycles. The number of hydrogen-bond donors (Lipinski definition) is 1. The maximum Gasteiger partial charge on any atom is 0.263 e. The Kier molecular flexibility index (Phi) is 6.21. The predicted molar refractivity (Wildman–Crippen MR) is 108 cm³/mol. The highest BCUT2D eigenvalue weighted by molar-refractivity contribution is 7.17. The van der Waals surface area contributed by atoms with Crippen molar-refractivity contribution in [1.82, 2.24) is 15.2 Å². The van der Waals surface area contributed by atoms with Crippen molar-refractivity contribution in [1.29, 1.82) is 0 Å². The van der Waals surface area contributed by atoms with Gasteiger partial charge in [0.25, 0.3) is 5.91 Å². The molecular formula is C20H19ClFN3OS. The summed E-state index contributed by atoms with van der Waals surface area (Å²) in [5, 5.41) is 4.24. The van der Waals surface area contributed by atoms with Gasteiger partial charge in [0.05, 0.1) is 17.3 Å². The Morgan fingerprint density at radius 2 is 1.93 bits per heavy atom. The second kappa shape index (κ2) is 8.61. The summed E-state index contributed by atoms with van der Waals surface area (Å²) >= 11 is 7.49. The number of thiazole rings is 1. The van der Waals surface area contributed by atoms with E-state index in [9.17, 15) is 9.18 Å². The van der Waals surface area contributed by atoms with Gasteiger partial charge in [0.1, 0.15) is 15.7 Å². The number of benzene rings is 2. The quantitative estimate of drug-likeness (QED) is 0.652. The van der Waals surface area contributed by atoms with Crippen molar-refractivity contribution in [3.05, 3.63) is 76.0 Å². The predicted octanol–water partition coefficient (Wildman–Crippen LogP) is 4.64. The zero-order chi connectivity index (χ0) is 19.4. The fraction of sp³-hybridized carbons (Fsp3) is 0.200. The molecule has 0 spiro atoms. The topological polar surface area (TPSA) is 45.2 Å². The van der Waals surface area contributed by atoms with Crippen molar-refractivity contribution in [3.8, 4) is 10.6 Å². The average molecular weight is 404 g/mol. The van der Waals surface area contributed by atoms with Crippen molar-refractivity contribution >= 4 is 28.8 Å². The first-order valence-corrected chi connectivity index (χ1v) is 9.56. The molecule has 2 aromatic carbocycles. The van der Waals surface area contributed by atoms with E-state index in [1.54, 1.807) is 24.4 Å². The number of carbonyl (C=O) groups excluding carboxylic acids is 1. The van der Waals surface area contributed by atoms with Gasteiger partial charge in [-0.15, -0.1) is 11.3 Å². The summed E-state index contributed by atoms with van der Waals surface area (Å²) in [6, 6.07) is 13.6. The minimum atomic E-state index is -0.281. The number of nitrogens with one attached hydrogen (secondary N) is 1. The minimum absolute atomic E-state index is 0.0643. The van der Waals surface area contributed by atoms with Crippen LogP contribution in [0.1, 0.15) is 21.3 Å². The van der Waals surface area contributed by atoms with Crippen LogP contribution in [0.4, 0.5) is 4.39 Å². The van der Waals surface area contributed by atoms with Gasteiger partial charge in [-0.25, -0.2) is 9.37 Å². The van der Waals surface area contributed by atoms with E-state index in [1.807, 2.05) is 37.2 Å². The van der Waals surface area contributed by atoms with Crippen LogP contribution in [0, 0.1) is 5.82 Å². The molecule has 27 heavy (non-hydrogen) atoms. The van der Waals surface area contributed by atoms with Crippen LogP contribution < -0.4 is 5.32 Å². The third kappa shape index (κ3) is 4.71. The molecule has 1 amide bonds. The summed E-state index contributed by atoms with van der Waals surface area (Å²) in [7, 11) is 3.84. The van der Waals surface area contributed by atoms with E-state index >= 15 is 0 Å². The molecule has 1 N–H and O–H groups in total. The van der Waals surface area contributed by atoms with E-state index in [-0.39, 0.29) is 17.8 Å². The number of nitrogens with zero attached hydrogens (tertiary/aromatic N) is 2. The molecule has 3 rings (SSSR count). The van der Waals surface area contributed by atoms with E-state index in [2.05, 4.69) is 10.3 Å². The molecule has 1 unspecified atom stereocenters. The summed E-state index contributed by atoms with van der Waals surface area (Å²) in [4.78, 5) is 19.4. The second-order valence-electron chi connectivity index (χ2n) is 6.25. The fourth-order valence-corrected chi connectivity index (χ4v) is 3.85. The Labute approximate surface area is 166 Å². The van der Waals surface area contributed by atoms with E-state index in [0.29, 0.717) is 21.5 Å². The SMILES string of the molecule is CN(C)C(CNC(=O)c1cnc(-c2ccccc2Cl)s1)c1ccc(F)cc1. The van der Waals surface area contributed by atoms with Crippen LogP contribution >= 0.6 is 22.9 Å². The van der Waals surface area contributed by atoms with Crippen molar-refractivity contribution in [3.63, 3.8) is 0 Å². The van der Waals surface area contributed by atoms with Crippen molar-refractivity contribution in [2.75, 3.05) is 20.6 Å². The first-order chi connectivity index (χ1) is 13.0. The third-order valence-corrected chi connectivity index (χ3v) is 5.53. The highest BCUT2D eigenvalue weighted by Gasteiger charge is 2.18. The van der Waals surface area contributed by atoms with Crippen molar-refractivity contribution in [2.24, 2.45) is 0 Å². The Morgan fingerprint density at radius 1 is 1.22 bits per heavy atom. The van der Waals surface area contributed by atoms with Gasteiger partial charge in [-0.1, -0.05) is 41.9 Å². The normalized spacial score (nSPS) is 12.2. The molecule has 0 aliphatic rings. The molecule has 1 heterocycles. The summed E-state index contributed by atoms with van der Waals surface area (Å²) in [6.45, 7) is 0.400. The number of carbonyl (C=O) groups is 1. The number of hydrogen-bond acceptors (Lipinski definition) is 4. The average Bonchev–Trinajstić information content (AvgIpc) is 3.13. The molecule has 1 aromatic heterocycles. The fourth-order valence-electron chi connectivity index (χ4n) is 2.70. The van der Waals surface area contributed by atoms with Gasteiger partial charge in [0.15, 0.2) is 0 Å². The number of amides is 1. The molecule has 0 bridgehead atoms. The van der Waals surface area contributed by atoms with Gasteiger partial charge < -0.3 is 10.2 Å². The molecule has 0 fully saturated rings. The first kappa shape index (κ1) is 19.5. The summed E-state index contributed by atoms with van der Waals surface area (Å²) in [5.74, 6) is -0.475. The van der Waals surface area contributed by atoms with E-state index in [0.717, 1.165) is 11.1 Å². The van der Waals surface area contributed by atoms with Crippen LogP contribution in [-0.4, -0.2) is 36.4 Å². The number of rotatable bonds is 6. The number of likely N-dealkylation sites (N-methyl/N-ethyl adjacent to an activating group) is 1. The maximum absolute atomic E-state index is 13.2. The molecule has 0 aliphatic carbocycles. The van der Waals surface area contributed by atoms with Gasteiger partial charge in [-0.05, 0) is 37.9 Å². The molecule has 0 radical (unpaired) electrons. The van der Waals surface area contributed by atoms with Crippen LogP contribution in [0.15, 0.2) is 54.7 Å². The van der Waals surface area contributed by atoms with Crippen molar-refractivity contribution < 1.29 is 9.18 Å². The molecular weight excluding hydrogens is 385 g/mol. The Morgan fingerprint density at radius 3 is 2.59 bits per heavy atom. The van der Waals surface area contributed by atoms with Crippen LogP contribution in [0.25, 0.3) is 10.6 Å². The van der Waals surface area contributed by atoms with E-state index < -0.39 is 0 Å². The zero-order valence-electron chi connectivity index (χ0n) is 14.9. The van der Waals surface area contributed by atoms with Crippen molar-refractivity contribution in [2.45, 2.75) is 6.04 Å². The lowest BCUT2D eigenvalue weighted by atomic mass is 10.1. The van der Waals surface area contributed by atoms with Crippen LogP contribution in [0.5, 0.6) is 0 Å². The molecule has 0 aliphatic heterocycles. The van der Waals surface area contributed by atoms with Crippen LogP contribution in [-0.2, 0) is 0 Å². The summed E-state index contributed by atoms with van der Waals surface area (Å²) in [6.07, 6.45) is 1.56. The van der Waals surface area contributed by atoms with Gasteiger partial charge in [0.2, 0.25) is 0 Å². The Hall–Kier alpha value is -2.28. The molecule has 7 heteroatoms. The number of halogens is 2. The molecule has 0 saturated carbocycles. The van der Waals surface area contributed by atoms with Gasteiger partial charge in [0, 0.05) is 12.1 Å². The van der Waals surface area contributed by atoms with Gasteiger partial charge in [-0.3, -0.25) is 4.79 Å². The minimum Gasteiger partial charge on any atom is -0.349 e. The molecule has 1 atom stereocenters. The van der Waals surface area contributed by atoms with Crippen LogP contribution in [0.2, 0.25) is 5.02 Å². The standard InChI is InChI=1S/C20H19ClFN3OS/c1-25(2)17(13-7-9-14(22)10-8-13)11-23-19(26)18-12-24-20(27-18)15-5-3-4-6-16(15)21/h3-10,12,17H,11H2,1-2H3,(H,23,26). The molecule has 140 valence electrons. The largest absolute Gasteiger partial charge is 0.349 e. The van der Waals surface area contributed by atoms with Crippen LogP contribution in [0.3, 0.4) is 0 Å². The zero-order valence-corrected chi connectivity index (χ0v) is 16.5. The first-order valence-electron chi connectivity index (χ1n) is 8.36. The smallest absolute Gasteiger partial charge is 0.263 e. The van der Waals surface area contributed by atoms with E-state index in [1.165, 1.54) is 23.5 Å². The van der Waals surface area contributed by atoms with Gasteiger partial charge in [-0.2, -0.15) is 0 Å². The maximum atomic E-state index is 13.2. The highest BCUT2D eigenvalue weighted by Crippen LogP contribution is 2.31. The lowest BCUT2D eigenvalue weighted by Gasteiger charge is -2.25. The molecule has 4 nitrogen and oxygen atoms in total. The third-order valence-electron chi connectivity index (χ3n) is 4.17. The molecule has 3 aromatic rings. The lowest BCUT2D eigenvalue weighted by molar-refractivity contribution is 0.0945. The lowest BCUT2D eigenvalue weighted by Crippen LogP contribution is -2.34. The van der Waals surface area contributed by atoms with Gasteiger partial charge >= 0.3 is 0 Å². The second-order valence-corrected chi connectivity index (χ2v) is 7.69. The number of aromatic nitrogens is 1. The summed E-state index contributed by atoms with van der Waals surface area (Å²) in [5.41, 5.74) is 1.74. The Bertz CT molecular complexity index is 927. The Balaban J connectivity index is 1.70. The summed E-state index contributed by atoms with van der Waals surface area (Å²) < 4.78 is 13.2. The highest BCUT2D eigenvalue weighted by atomic mass is 35.5. The monoisotopic (exact) mass is 403 g/mol.